The number of nitrogens with zero attached hydrogens (tertiary/aromatic N) is 4. The Morgan fingerprint density at radius 2 is 2.30 bits per heavy atom. The lowest BCUT2D eigenvalue weighted by Crippen LogP contribution is -2.22. The van der Waals surface area contributed by atoms with Gasteiger partial charge in [-0.25, -0.2) is 4.98 Å². The van der Waals surface area contributed by atoms with Gasteiger partial charge < -0.3 is 4.52 Å². The van der Waals surface area contributed by atoms with E-state index in [1.807, 2.05) is 12.4 Å². The molecular weight excluding hydrogens is 312 g/mol. The van der Waals surface area contributed by atoms with Gasteiger partial charge in [-0.3, -0.25) is 14.1 Å². The van der Waals surface area contributed by atoms with Gasteiger partial charge in [-0.15, -0.1) is 11.3 Å². The summed E-state index contributed by atoms with van der Waals surface area (Å²) in [5, 5.41) is 6.05. The van der Waals surface area contributed by atoms with Crippen molar-refractivity contribution >= 4 is 16.3 Å². The Morgan fingerprint density at radius 3 is 3.09 bits per heavy atom. The molecule has 0 aliphatic heterocycles. The number of hydrogen-bond acceptors (Lipinski definition) is 6. The highest BCUT2D eigenvalue weighted by atomic mass is 32.1. The molecule has 3 heterocycles. The van der Waals surface area contributed by atoms with E-state index in [4.69, 9.17) is 4.52 Å². The molecule has 7 heteroatoms. The van der Waals surface area contributed by atoms with E-state index in [1.54, 1.807) is 22.9 Å². The van der Waals surface area contributed by atoms with E-state index in [9.17, 15) is 4.79 Å². The van der Waals surface area contributed by atoms with E-state index in [-0.39, 0.29) is 5.56 Å². The van der Waals surface area contributed by atoms with Crippen LogP contribution in [0.15, 0.2) is 33.2 Å². The first kappa shape index (κ1) is 14.6. The third-order valence-electron chi connectivity index (χ3n) is 4.40. The highest BCUT2D eigenvalue weighted by Gasteiger charge is 2.25. The summed E-state index contributed by atoms with van der Waals surface area (Å²) in [6, 6.07) is 1.61. The average Bonchev–Trinajstić information content (AvgIpc) is 3.07. The van der Waals surface area contributed by atoms with Crippen LogP contribution in [-0.2, 0) is 13.1 Å². The van der Waals surface area contributed by atoms with Gasteiger partial charge in [0.05, 0.1) is 11.4 Å². The van der Waals surface area contributed by atoms with Crippen molar-refractivity contribution in [1.29, 1.82) is 0 Å². The molecule has 0 atom stereocenters. The summed E-state index contributed by atoms with van der Waals surface area (Å²) >= 11 is 1.47. The summed E-state index contributed by atoms with van der Waals surface area (Å²) in [4.78, 5) is 19.5. The zero-order valence-electron chi connectivity index (χ0n) is 12.9. The SMILES string of the molecule is CN(Cc1cc(=O)n2ccsc2n1)Cc1conc1C1CCC1. The Kier molecular flexibility index (Phi) is 3.74. The summed E-state index contributed by atoms with van der Waals surface area (Å²) in [6.07, 6.45) is 7.19. The molecule has 0 spiro atoms. The van der Waals surface area contributed by atoms with Crippen molar-refractivity contribution in [3.63, 3.8) is 0 Å². The van der Waals surface area contributed by atoms with E-state index < -0.39 is 0 Å². The molecule has 0 bridgehead atoms. The molecule has 1 aliphatic rings. The van der Waals surface area contributed by atoms with Crippen molar-refractivity contribution in [3.05, 3.63) is 51.2 Å². The molecule has 4 rings (SSSR count). The lowest BCUT2D eigenvalue weighted by atomic mass is 9.81. The van der Waals surface area contributed by atoms with E-state index in [2.05, 4.69) is 15.0 Å². The lowest BCUT2D eigenvalue weighted by molar-refractivity contribution is 0.310. The van der Waals surface area contributed by atoms with Crippen LogP contribution < -0.4 is 5.56 Å². The Hall–Kier alpha value is -1.99. The predicted octanol–water partition coefficient (Wildman–Crippen LogP) is 2.64. The summed E-state index contributed by atoms with van der Waals surface area (Å²) in [7, 11) is 2.02. The van der Waals surface area contributed by atoms with Crippen LogP contribution in [0.4, 0.5) is 0 Å². The van der Waals surface area contributed by atoms with Gasteiger partial charge in [0.15, 0.2) is 4.96 Å². The minimum absolute atomic E-state index is 0.0280. The maximum atomic E-state index is 12.0. The normalized spacial score (nSPS) is 15.4. The number of fused-ring (bicyclic) bond motifs is 1. The zero-order chi connectivity index (χ0) is 15.8. The fraction of sp³-hybridized carbons (Fsp3) is 0.438. The van der Waals surface area contributed by atoms with E-state index in [0.29, 0.717) is 12.5 Å². The van der Waals surface area contributed by atoms with Gasteiger partial charge in [0.1, 0.15) is 6.26 Å². The average molecular weight is 330 g/mol. The first-order chi connectivity index (χ1) is 11.2. The topological polar surface area (TPSA) is 63.6 Å². The molecule has 0 aromatic carbocycles. The Bertz CT molecular complexity index is 877. The van der Waals surface area contributed by atoms with E-state index in [0.717, 1.165) is 28.5 Å². The lowest BCUT2D eigenvalue weighted by Gasteiger charge is -2.24. The minimum atomic E-state index is -0.0280. The van der Waals surface area contributed by atoms with Crippen molar-refractivity contribution in [2.45, 2.75) is 38.3 Å². The summed E-state index contributed by atoms with van der Waals surface area (Å²) in [5.41, 5.74) is 3.01. The van der Waals surface area contributed by atoms with Gasteiger partial charge in [-0.2, -0.15) is 0 Å². The molecule has 1 saturated carbocycles. The molecule has 0 saturated heterocycles. The van der Waals surface area contributed by atoms with Crippen LogP contribution in [-0.4, -0.2) is 26.5 Å². The molecule has 0 unspecified atom stereocenters. The molecule has 0 amide bonds. The zero-order valence-corrected chi connectivity index (χ0v) is 13.8. The van der Waals surface area contributed by atoms with Crippen LogP contribution >= 0.6 is 11.3 Å². The van der Waals surface area contributed by atoms with Gasteiger partial charge in [0, 0.05) is 42.2 Å². The van der Waals surface area contributed by atoms with Crippen molar-refractivity contribution in [1.82, 2.24) is 19.4 Å². The Morgan fingerprint density at radius 1 is 1.43 bits per heavy atom. The van der Waals surface area contributed by atoms with Gasteiger partial charge in [0.25, 0.3) is 5.56 Å². The van der Waals surface area contributed by atoms with Crippen LogP contribution in [0.2, 0.25) is 0 Å². The van der Waals surface area contributed by atoms with Crippen molar-refractivity contribution in [3.8, 4) is 0 Å². The monoisotopic (exact) mass is 330 g/mol. The molecule has 0 radical (unpaired) electrons. The number of aromatic nitrogens is 3. The number of thiazole rings is 1. The molecule has 1 fully saturated rings. The summed E-state index contributed by atoms with van der Waals surface area (Å²) in [6.45, 7) is 1.37. The van der Waals surface area contributed by atoms with Crippen LogP contribution in [0.5, 0.6) is 0 Å². The van der Waals surface area contributed by atoms with Crippen LogP contribution in [0.1, 0.15) is 42.1 Å². The maximum absolute atomic E-state index is 12.0. The second-order valence-electron chi connectivity index (χ2n) is 6.17. The molecule has 6 nitrogen and oxygen atoms in total. The first-order valence-corrected chi connectivity index (χ1v) is 8.66. The van der Waals surface area contributed by atoms with Crippen molar-refractivity contribution in [2.24, 2.45) is 0 Å². The van der Waals surface area contributed by atoms with E-state index in [1.165, 1.54) is 30.6 Å². The van der Waals surface area contributed by atoms with Gasteiger partial charge in [0.2, 0.25) is 0 Å². The third kappa shape index (κ3) is 2.82. The first-order valence-electron chi connectivity index (χ1n) is 7.78. The molecule has 0 N–H and O–H groups in total. The standard InChI is InChI=1S/C16H18N4O2S/c1-19(8-12-10-22-18-15(12)11-3-2-4-11)9-13-7-14(21)20-5-6-23-16(20)17-13/h5-7,10-11H,2-4,8-9H2,1H3. The van der Waals surface area contributed by atoms with Gasteiger partial charge in [-0.05, 0) is 19.9 Å². The van der Waals surface area contributed by atoms with Crippen LogP contribution in [0.25, 0.3) is 4.96 Å². The van der Waals surface area contributed by atoms with Gasteiger partial charge in [-0.1, -0.05) is 11.6 Å². The third-order valence-corrected chi connectivity index (χ3v) is 5.15. The van der Waals surface area contributed by atoms with Gasteiger partial charge >= 0.3 is 0 Å². The molecule has 120 valence electrons. The highest BCUT2D eigenvalue weighted by Crippen LogP contribution is 2.37. The number of hydrogen-bond donors (Lipinski definition) is 0. The molecule has 3 aromatic heterocycles. The van der Waals surface area contributed by atoms with E-state index >= 15 is 0 Å². The highest BCUT2D eigenvalue weighted by molar-refractivity contribution is 7.15. The fourth-order valence-electron chi connectivity index (χ4n) is 2.99. The predicted molar refractivity (Wildman–Crippen MR) is 87.6 cm³/mol. The second kappa shape index (κ2) is 5.90. The van der Waals surface area contributed by atoms with Crippen molar-refractivity contribution in [2.75, 3.05) is 7.05 Å². The molecule has 1 aliphatic carbocycles. The Balaban J connectivity index is 1.49. The van der Waals surface area contributed by atoms with Crippen LogP contribution in [0.3, 0.4) is 0 Å². The smallest absolute Gasteiger partial charge is 0.258 e. The van der Waals surface area contributed by atoms with Crippen molar-refractivity contribution < 1.29 is 4.52 Å². The minimum Gasteiger partial charge on any atom is -0.364 e. The Labute approximate surface area is 137 Å². The molecule has 23 heavy (non-hydrogen) atoms. The fourth-order valence-corrected chi connectivity index (χ4v) is 3.73. The molecular formula is C16H18N4O2S. The quantitative estimate of drug-likeness (QED) is 0.719. The summed E-state index contributed by atoms with van der Waals surface area (Å²) < 4.78 is 6.75. The maximum Gasteiger partial charge on any atom is 0.258 e. The molecule has 3 aromatic rings. The van der Waals surface area contributed by atoms with Crippen LogP contribution in [0, 0.1) is 0 Å². The number of rotatable bonds is 5. The largest absolute Gasteiger partial charge is 0.364 e. The summed E-state index contributed by atoms with van der Waals surface area (Å²) in [5.74, 6) is 0.558. The second-order valence-corrected chi connectivity index (χ2v) is 7.04.